The molecule has 1 fully saturated rings. The van der Waals surface area contributed by atoms with Crippen molar-refractivity contribution in [2.24, 2.45) is 0 Å². The van der Waals surface area contributed by atoms with Crippen LogP contribution < -0.4 is 4.90 Å². The van der Waals surface area contributed by atoms with E-state index in [1.807, 2.05) is 27.7 Å². The summed E-state index contributed by atoms with van der Waals surface area (Å²) >= 11 is 0. The highest BCUT2D eigenvalue weighted by Crippen LogP contribution is 2.33. The van der Waals surface area contributed by atoms with Crippen LogP contribution in [0.2, 0.25) is 0 Å². The summed E-state index contributed by atoms with van der Waals surface area (Å²) < 4.78 is 33.9. The van der Waals surface area contributed by atoms with E-state index in [0.29, 0.717) is 13.1 Å². The quantitative estimate of drug-likeness (QED) is 0.912. The van der Waals surface area contributed by atoms with E-state index in [4.69, 9.17) is 9.84 Å². The topological polar surface area (TPSA) is 49.8 Å². The zero-order valence-corrected chi connectivity index (χ0v) is 12.5. The minimum Gasteiger partial charge on any atom is -0.478 e. The van der Waals surface area contributed by atoms with Crippen LogP contribution in [-0.4, -0.2) is 35.4 Å². The highest BCUT2D eigenvalue weighted by atomic mass is 19.2. The number of ether oxygens (including phenoxy) is 1. The summed E-state index contributed by atoms with van der Waals surface area (Å²) in [5, 5.41) is 8.82. The van der Waals surface area contributed by atoms with E-state index in [-0.39, 0.29) is 5.69 Å². The molecular weight excluding hydrogens is 280 g/mol. The average molecular weight is 299 g/mol. The molecule has 4 nitrogen and oxygen atoms in total. The summed E-state index contributed by atoms with van der Waals surface area (Å²) in [5.41, 5.74) is -1.64. The van der Waals surface area contributed by atoms with Crippen molar-refractivity contribution in [1.29, 1.82) is 0 Å². The Labute approximate surface area is 122 Å². The van der Waals surface area contributed by atoms with E-state index >= 15 is 0 Å². The van der Waals surface area contributed by atoms with E-state index in [1.54, 1.807) is 4.90 Å². The zero-order chi connectivity index (χ0) is 16.0. The Bertz CT molecular complexity index is 569. The van der Waals surface area contributed by atoms with Gasteiger partial charge in [0.05, 0.1) is 22.5 Å². The number of rotatable bonds is 2. The van der Waals surface area contributed by atoms with Crippen LogP contribution in [0, 0.1) is 11.6 Å². The van der Waals surface area contributed by atoms with Gasteiger partial charge in [-0.05, 0) is 39.8 Å². The molecule has 1 aliphatic rings. The van der Waals surface area contributed by atoms with E-state index in [9.17, 15) is 13.6 Å². The lowest BCUT2D eigenvalue weighted by Crippen LogP contribution is -2.57. The van der Waals surface area contributed by atoms with Crippen LogP contribution in [0.5, 0.6) is 0 Å². The Balaban J connectivity index is 2.42. The van der Waals surface area contributed by atoms with Gasteiger partial charge in [0.2, 0.25) is 0 Å². The Hall–Kier alpha value is -1.69. The largest absolute Gasteiger partial charge is 0.478 e. The molecule has 0 bridgehead atoms. The fraction of sp³-hybridized carbons (Fsp3) is 0.533. The average Bonchev–Trinajstić information content (AvgIpc) is 2.27. The van der Waals surface area contributed by atoms with Crippen LogP contribution in [0.3, 0.4) is 0 Å². The number of carboxylic acids is 1. The molecule has 6 heteroatoms. The number of aromatic carboxylic acids is 1. The number of carbonyl (C=O) groups is 1. The smallest absolute Gasteiger partial charge is 0.338 e. The van der Waals surface area contributed by atoms with Gasteiger partial charge in [0.15, 0.2) is 11.6 Å². The molecule has 1 aromatic carbocycles. The maximum atomic E-state index is 14.2. The summed E-state index contributed by atoms with van der Waals surface area (Å²) in [7, 11) is 0. The molecule has 1 aliphatic heterocycles. The Kier molecular flexibility index (Phi) is 3.70. The van der Waals surface area contributed by atoms with Gasteiger partial charge in [0.1, 0.15) is 0 Å². The van der Waals surface area contributed by atoms with Crippen LogP contribution in [-0.2, 0) is 4.74 Å². The third-order valence-electron chi connectivity index (χ3n) is 3.33. The number of morpholine rings is 1. The summed E-state index contributed by atoms with van der Waals surface area (Å²) in [6.45, 7) is 8.28. The maximum absolute atomic E-state index is 14.2. The van der Waals surface area contributed by atoms with Crippen LogP contribution in [0.15, 0.2) is 12.1 Å². The molecule has 1 N–H and O–H groups in total. The first-order chi connectivity index (χ1) is 9.52. The molecule has 0 aliphatic carbocycles. The summed E-state index contributed by atoms with van der Waals surface area (Å²) in [4.78, 5) is 12.5. The van der Waals surface area contributed by atoms with E-state index in [0.717, 1.165) is 6.07 Å². The van der Waals surface area contributed by atoms with Gasteiger partial charge in [-0.25, -0.2) is 13.6 Å². The first-order valence-electron chi connectivity index (χ1n) is 6.69. The zero-order valence-electron chi connectivity index (χ0n) is 12.5. The van der Waals surface area contributed by atoms with Gasteiger partial charge in [-0.2, -0.15) is 0 Å². The van der Waals surface area contributed by atoms with Gasteiger partial charge < -0.3 is 14.7 Å². The molecule has 116 valence electrons. The molecule has 1 heterocycles. The van der Waals surface area contributed by atoms with E-state index in [2.05, 4.69) is 0 Å². The van der Waals surface area contributed by atoms with Gasteiger partial charge in [0, 0.05) is 13.1 Å². The van der Waals surface area contributed by atoms with Gasteiger partial charge in [-0.15, -0.1) is 0 Å². The Morgan fingerprint density at radius 2 is 1.67 bits per heavy atom. The lowest BCUT2D eigenvalue weighted by atomic mass is 9.98. The van der Waals surface area contributed by atoms with Crippen molar-refractivity contribution in [2.45, 2.75) is 38.9 Å². The Morgan fingerprint density at radius 3 is 2.14 bits per heavy atom. The molecule has 1 saturated heterocycles. The lowest BCUT2D eigenvalue weighted by Gasteiger charge is -2.48. The molecule has 1 aromatic rings. The summed E-state index contributed by atoms with van der Waals surface area (Å²) in [6, 6.07) is 2.39. The van der Waals surface area contributed by atoms with Crippen LogP contribution in [0.1, 0.15) is 38.1 Å². The number of halogens is 2. The summed E-state index contributed by atoms with van der Waals surface area (Å²) in [6.07, 6.45) is 0. The van der Waals surface area contributed by atoms with Crippen LogP contribution >= 0.6 is 0 Å². The van der Waals surface area contributed by atoms with Crippen molar-refractivity contribution >= 4 is 11.7 Å². The highest BCUT2D eigenvalue weighted by Gasteiger charge is 2.39. The predicted molar refractivity (Wildman–Crippen MR) is 74.8 cm³/mol. The molecule has 2 rings (SSSR count). The number of benzene rings is 1. The number of hydrogen-bond acceptors (Lipinski definition) is 3. The molecule has 0 atom stereocenters. The number of anilines is 1. The van der Waals surface area contributed by atoms with Gasteiger partial charge >= 0.3 is 5.97 Å². The number of carboxylic acid groups (broad SMARTS) is 1. The highest BCUT2D eigenvalue weighted by molar-refractivity contribution is 5.88. The second-order valence-corrected chi connectivity index (χ2v) is 6.54. The SMILES string of the molecule is CC1(C)CN(c2ccc(C(=O)O)c(F)c2F)CC(C)(C)O1. The summed E-state index contributed by atoms with van der Waals surface area (Å²) in [5.74, 6) is -3.95. The molecule has 0 amide bonds. The first kappa shape index (κ1) is 15.7. The molecule has 0 spiro atoms. The number of hydrogen-bond donors (Lipinski definition) is 1. The van der Waals surface area contributed by atoms with Crippen LogP contribution in [0.4, 0.5) is 14.5 Å². The third kappa shape index (κ3) is 3.15. The third-order valence-corrected chi connectivity index (χ3v) is 3.33. The van der Waals surface area contributed by atoms with Gasteiger partial charge in [-0.3, -0.25) is 0 Å². The lowest BCUT2D eigenvalue weighted by molar-refractivity contribution is -0.133. The second-order valence-electron chi connectivity index (χ2n) is 6.54. The van der Waals surface area contributed by atoms with Crippen molar-refractivity contribution in [3.63, 3.8) is 0 Å². The predicted octanol–water partition coefficient (Wildman–Crippen LogP) is 3.06. The minimum absolute atomic E-state index is 0.0574. The monoisotopic (exact) mass is 299 g/mol. The van der Waals surface area contributed by atoms with Crippen molar-refractivity contribution in [2.75, 3.05) is 18.0 Å². The van der Waals surface area contributed by atoms with Crippen molar-refractivity contribution < 1.29 is 23.4 Å². The Morgan fingerprint density at radius 1 is 1.14 bits per heavy atom. The van der Waals surface area contributed by atoms with Crippen molar-refractivity contribution in [1.82, 2.24) is 0 Å². The fourth-order valence-electron chi connectivity index (χ4n) is 2.91. The standard InChI is InChI=1S/C15H19F2NO3/c1-14(2)7-18(8-15(3,4)21-14)10-6-5-9(13(19)20)11(16)12(10)17/h5-6H,7-8H2,1-4H3,(H,19,20). The molecular formula is C15H19F2NO3. The molecule has 0 radical (unpaired) electrons. The van der Waals surface area contributed by atoms with Crippen LogP contribution in [0.25, 0.3) is 0 Å². The second kappa shape index (κ2) is 4.94. The molecule has 0 aromatic heterocycles. The van der Waals surface area contributed by atoms with Gasteiger partial charge in [0.25, 0.3) is 0 Å². The molecule has 0 saturated carbocycles. The first-order valence-corrected chi connectivity index (χ1v) is 6.69. The number of nitrogens with zero attached hydrogens (tertiary/aromatic N) is 1. The van der Waals surface area contributed by atoms with Crippen molar-refractivity contribution in [3.05, 3.63) is 29.3 Å². The van der Waals surface area contributed by atoms with E-state index in [1.165, 1.54) is 6.07 Å². The molecule has 21 heavy (non-hydrogen) atoms. The van der Waals surface area contributed by atoms with E-state index < -0.39 is 34.4 Å². The van der Waals surface area contributed by atoms with Gasteiger partial charge in [-0.1, -0.05) is 0 Å². The molecule has 0 unspecified atom stereocenters. The fourth-order valence-corrected chi connectivity index (χ4v) is 2.91. The maximum Gasteiger partial charge on any atom is 0.338 e. The van der Waals surface area contributed by atoms with Crippen molar-refractivity contribution in [3.8, 4) is 0 Å². The normalized spacial score (nSPS) is 20.4. The minimum atomic E-state index is -1.49.